The van der Waals surface area contributed by atoms with E-state index in [0.717, 1.165) is 0 Å². The van der Waals surface area contributed by atoms with E-state index in [4.69, 9.17) is 33.5 Å². The molecule has 11 heteroatoms. The predicted molar refractivity (Wildman–Crippen MR) is 167 cm³/mol. The third kappa shape index (κ3) is 16.3. The van der Waals surface area contributed by atoms with Gasteiger partial charge in [0.2, 0.25) is 0 Å². The Bertz CT molecular complexity index is 836. The molecule has 0 unspecified atom stereocenters. The number of rotatable bonds is 14. The van der Waals surface area contributed by atoms with Crippen molar-refractivity contribution in [3.8, 4) is 0 Å². The van der Waals surface area contributed by atoms with Crippen LogP contribution in [0.1, 0.15) is 142 Å². The van der Waals surface area contributed by atoms with Gasteiger partial charge in [-0.3, -0.25) is 9.59 Å². The minimum atomic E-state index is -1.41. The Morgan fingerprint density at radius 1 is 0.795 bits per heavy atom. The van der Waals surface area contributed by atoms with Crippen LogP contribution in [0.4, 0.5) is 0 Å². The highest BCUT2D eigenvalue weighted by atomic mass is 16.8. The third-order valence-electron chi connectivity index (χ3n) is 6.34. The zero-order valence-electron chi connectivity index (χ0n) is 30.0. The van der Waals surface area contributed by atoms with Crippen LogP contribution in [-0.4, -0.2) is 80.9 Å². The van der Waals surface area contributed by atoms with E-state index in [2.05, 4.69) is 0 Å². The van der Waals surface area contributed by atoms with Crippen molar-refractivity contribution < 1.29 is 53.3 Å². The van der Waals surface area contributed by atoms with Crippen LogP contribution in [0.15, 0.2) is 0 Å². The fourth-order valence-electron chi connectivity index (χ4n) is 4.98. The van der Waals surface area contributed by atoms with Gasteiger partial charge in [0.25, 0.3) is 5.79 Å². The monoisotopic (exact) mass is 636 g/mol. The standard InChI is InChI=1S/C27H48O10.C4H10O.C2H6/c1-10-15-27(21(28)36-26(8,9)37-22(27)29)16-11-13-19-20(35-25(6,7)34-19)18(33-24(4,5)31)14-12-17-32-23(2,3)30;1-4(2,3)5;1-2/h18-20,30-31H,10-17H2,1-9H3;5H,1-3H3;1-2H3/t18-,19-,20+;;/m0../s1. The minimum absolute atomic E-state index is 0.262. The molecule has 0 aliphatic carbocycles. The van der Waals surface area contributed by atoms with Gasteiger partial charge in [-0.1, -0.05) is 27.2 Å². The van der Waals surface area contributed by atoms with Gasteiger partial charge in [0.15, 0.2) is 22.8 Å². The Morgan fingerprint density at radius 3 is 1.73 bits per heavy atom. The van der Waals surface area contributed by atoms with Crippen molar-refractivity contribution in [2.24, 2.45) is 5.41 Å². The highest BCUT2D eigenvalue weighted by molar-refractivity contribution is 6.01. The van der Waals surface area contributed by atoms with Gasteiger partial charge in [0.05, 0.1) is 24.4 Å². The van der Waals surface area contributed by atoms with E-state index in [1.807, 2.05) is 34.6 Å². The number of carbonyl (C=O) groups is 2. The molecule has 3 atom stereocenters. The van der Waals surface area contributed by atoms with Gasteiger partial charge in [-0.15, -0.1) is 0 Å². The number of esters is 2. The summed E-state index contributed by atoms with van der Waals surface area (Å²) in [4.78, 5) is 25.9. The van der Waals surface area contributed by atoms with Crippen LogP contribution in [0.3, 0.4) is 0 Å². The number of ether oxygens (including phenoxy) is 6. The lowest BCUT2D eigenvalue weighted by molar-refractivity contribution is -0.252. The van der Waals surface area contributed by atoms with Crippen molar-refractivity contribution in [2.75, 3.05) is 6.61 Å². The summed E-state index contributed by atoms with van der Waals surface area (Å²) in [5.41, 5.74) is -1.84. The summed E-state index contributed by atoms with van der Waals surface area (Å²) in [7, 11) is 0. The van der Waals surface area contributed by atoms with Crippen LogP contribution in [-0.2, 0) is 38.0 Å². The number of aliphatic hydroxyl groups is 3. The van der Waals surface area contributed by atoms with Gasteiger partial charge < -0.3 is 43.7 Å². The van der Waals surface area contributed by atoms with Crippen molar-refractivity contribution in [1.82, 2.24) is 0 Å². The largest absolute Gasteiger partial charge is 0.422 e. The zero-order chi connectivity index (χ0) is 34.8. The number of carbonyl (C=O) groups excluding carboxylic acids is 2. The van der Waals surface area contributed by atoms with E-state index in [9.17, 15) is 19.8 Å². The van der Waals surface area contributed by atoms with Crippen LogP contribution >= 0.6 is 0 Å². The zero-order valence-corrected chi connectivity index (χ0v) is 30.0. The van der Waals surface area contributed by atoms with E-state index in [0.29, 0.717) is 45.1 Å². The Morgan fingerprint density at radius 2 is 1.30 bits per heavy atom. The summed E-state index contributed by atoms with van der Waals surface area (Å²) in [6.07, 6.45) is 1.83. The number of hydrogen-bond donors (Lipinski definition) is 3. The van der Waals surface area contributed by atoms with E-state index < -0.39 is 64.4 Å². The second-order valence-corrected chi connectivity index (χ2v) is 14.3. The first-order valence-electron chi connectivity index (χ1n) is 16.1. The topological polar surface area (TPSA) is 150 Å². The molecule has 2 rings (SSSR count). The molecule has 2 fully saturated rings. The molecule has 0 aromatic heterocycles. The van der Waals surface area contributed by atoms with Crippen molar-refractivity contribution in [2.45, 2.75) is 189 Å². The molecule has 0 saturated carbocycles. The molecular formula is C33H64O11. The van der Waals surface area contributed by atoms with Crippen molar-refractivity contribution in [1.29, 1.82) is 0 Å². The first kappa shape index (κ1) is 42.7. The molecule has 2 heterocycles. The van der Waals surface area contributed by atoms with Crippen LogP contribution in [0.2, 0.25) is 0 Å². The normalized spacial score (nSPS) is 23.4. The van der Waals surface area contributed by atoms with Crippen molar-refractivity contribution in [3.05, 3.63) is 0 Å². The van der Waals surface area contributed by atoms with Crippen molar-refractivity contribution in [3.63, 3.8) is 0 Å². The lowest BCUT2D eigenvalue weighted by atomic mass is 9.77. The smallest absolute Gasteiger partial charge is 0.326 e. The van der Waals surface area contributed by atoms with Crippen LogP contribution in [0.5, 0.6) is 0 Å². The van der Waals surface area contributed by atoms with Crippen LogP contribution < -0.4 is 0 Å². The molecule has 2 saturated heterocycles. The molecule has 0 amide bonds. The molecule has 11 nitrogen and oxygen atoms in total. The second kappa shape index (κ2) is 17.0. The Labute approximate surface area is 266 Å². The Kier molecular flexibility index (Phi) is 16.5. The summed E-state index contributed by atoms with van der Waals surface area (Å²) in [6.45, 7) is 24.4. The van der Waals surface area contributed by atoms with Gasteiger partial charge >= 0.3 is 11.9 Å². The summed E-state index contributed by atoms with van der Waals surface area (Å²) < 4.78 is 34.7. The quantitative estimate of drug-likeness (QED) is 0.0927. The number of hydrogen-bond acceptors (Lipinski definition) is 11. The molecular weight excluding hydrogens is 572 g/mol. The molecule has 0 spiro atoms. The molecule has 0 aromatic rings. The highest BCUT2D eigenvalue weighted by Crippen LogP contribution is 2.42. The fraction of sp³-hybridized carbons (Fsp3) is 0.939. The Balaban J connectivity index is 0.00000239. The average molecular weight is 637 g/mol. The molecule has 2 aliphatic heterocycles. The van der Waals surface area contributed by atoms with E-state index in [-0.39, 0.29) is 6.42 Å². The maximum Gasteiger partial charge on any atom is 0.326 e. The summed E-state index contributed by atoms with van der Waals surface area (Å²) in [5.74, 6) is -5.91. The maximum absolute atomic E-state index is 13.0. The lowest BCUT2D eigenvalue weighted by Crippen LogP contribution is -2.54. The first-order chi connectivity index (χ1) is 19.8. The van der Waals surface area contributed by atoms with Gasteiger partial charge in [-0.05, 0) is 101 Å². The molecule has 0 bridgehead atoms. The minimum Gasteiger partial charge on any atom is -0.422 e. The van der Waals surface area contributed by atoms with Crippen LogP contribution in [0, 0.1) is 5.41 Å². The fourth-order valence-corrected chi connectivity index (χ4v) is 4.98. The second-order valence-electron chi connectivity index (χ2n) is 14.3. The summed E-state index contributed by atoms with van der Waals surface area (Å²) in [6, 6.07) is 0. The Hall–Kier alpha value is -1.34. The summed E-state index contributed by atoms with van der Waals surface area (Å²) in [5, 5.41) is 28.7. The van der Waals surface area contributed by atoms with Crippen LogP contribution in [0.25, 0.3) is 0 Å². The SMILES string of the molecule is CC.CC(C)(C)O.CCCC1(CCC[C@@H]2OC(C)(C)O[C@@H]2[C@H](CCCOC(C)(C)O)OC(C)(C)O)C(=O)OC(C)(C)OC1=O. The van der Waals surface area contributed by atoms with Gasteiger partial charge in [-0.2, -0.15) is 0 Å². The molecule has 262 valence electrons. The highest BCUT2D eigenvalue weighted by Gasteiger charge is 2.55. The summed E-state index contributed by atoms with van der Waals surface area (Å²) >= 11 is 0. The van der Waals surface area contributed by atoms with E-state index in [1.165, 1.54) is 0 Å². The molecule has 3 N–H and O–H groups in total. The molecule has 0 aromatic carbocycles. The average Bonchev–Trinajstić information content (AvgIpc) is 3.12. The van der Waals surface area contributed by atoms with Crippen molar-refractivity contribution >= 4 is 11.9 Å². The molecule has 0 radical (unpaired) electrons. The van der Waals surface area contributed by atoms with Gasteiger partial charge in [0, 0.05) is 13.8 Å². The van der Waals surface area contributed by atoms with Gasteiger partial charge in [-0.25, -0.2) is 0 Å². The number of cyclic esters (lactones) is 2. The third-order valence-corrected chi connectivity index (χ3v) is 6.34. The predicted octanol–water partition coefficient (Wildman–Crippen LogP) is 5.74. The van der Waals surface area contributed by atoms with Gasteiger partial charge in [0.1, 0.15) is 6.10 Å². The lowest BCUT2D eigenvalue weighted by Gasteiger charge is -2.40. The molecule has 2 aliphatic rings. The molecule has 44 heavy (non-hydrogen) atoms. The van der Waals surface area contributed by atoms with E-state index in [1.54, 1.807) is 62.3 Å². The van der Waals surface area contributed by atoms with E-state index >= 15 is 0 Å². The first-order valence-corrected chi connectivity index (χ1v) is 16.1. The maximum atomic E-state index is 13.0.